The van der Waals surface area contributed by atoms with Gasteiger partial charge in [-0.2, -0.15) is 0 Å². The van der Waals surface area contributed by atoms with Gasteiger partial charge in [-0.15, -0.1) is 0 Å². The second-order valence-corrected chi connectivity index (χ2v) is 9.82. The number of fused-ring (bicyclic) bond motifs is 5. The molecule has 128 valence electrons. The first-order valence-electron chi connectivity index (χ1n) is 9.55. The summed E-state index contributed by atoms with van der Waals surface area (Å²) in [5, 5.41) is 0. The van der Waals surface area contributed by atoms with E-state index in [1.54, 1.807) is 16.7 Å². The lowest BCUT2D eigenvalue weighted by Crippen LogP contribution is -2.50. The van der Waals surface area contributed by atoms with Gasteiger partial charge < -0.3 is 3.07 Å². The highest BCUT2D eigenvalue weighted by Gasteiger charge is 2.57. The standard InChI is InChI=1S/C21H31IO/c1-13-11-16-17-6-5-14(2)20(17,3)10-8-18(16)21(4)9-7-15(23-22)12-19(13)21/h15-18H,2,5-12H2,1,3-4H3. The van der Waals surface area contributed by atoms with E-state index in [4.69, 9.17) is 3.07 Å². The first-order valence-corrected chi connectivity index (χ1v) is 10.4. The fraction of sp³-hybridized carbons (Fsp3) is 0.810. The van der Waals surface area contributed by atoms with Crippen molar-refractivity contribution in [2.75, 3.05) is 0 Å². The Labute approximate surface area is 156 Å². The van der Waals surface area contributed by atoms with Crippen LogP contribution in [0.3, 0.4) is 0 Å². The van der Waals surface area contributed by atoms with Crippen molar-refractivity contribution in [3.8, 4) is 0 Å². The molecule has 4 aliphatic carbocycles. The van der Waals surface area contributed by atoms with Gasteiger partial charge in [0.1, 0.15) is 23.0 Å². The van der Waals surface area contributed by atoms with Crippen molar-refractivity contribution in [1.29, 1.82) is 0 Å². The maximum atomic E-state index is 5.69. The molecule has 0 amide bonds. The number of hydrogen-bond acceptors (Lipinski definition) is 1. The molecule has 0 bridgehead atoms. The summed E-state index contributed by atoms with van der Waals surface area (Å²) in [6.07, 6.45) is 11.0. The molecule has 0 radical (unpaired) electrons. The molecule has 23 heavy (non-hydrogen) atoms. The average molecular weight is 426 g/mol. The largest absolute Gasteiger partial charge is 0.312 e. The van der Waals surface area contributed by atoms with E-state index in [2.05, 4.69) is 50.4 Å². The van der Waals surface area contributed by atoms with Crippen molar-refractivity contribution < 1.29 is 3.07 Å². The van der Waals surface area contributed by atoms with E-state index in [1.165, 1.54) is 51.4 Å². The predicted octanol–water partition coefficient (Wildman–Crippen LogP) is 6.63. The lowest BCUT2D eigenvalue weighted by Gasteiger charge is -2.58. The SMILES string of the molecule is C=C1CCC2C3CC(C)=C4CC(OI)CCC4(C)C3CCC12C. The van der Waals surface area contributed by atoms with Crippen LogP contribution in [0, 0.1) is 28.6 Å². The van der Waals surface area contributed by atoms with Crippen molar-refractivity contribution >= 4 is 23.0 Å². The van der Waals surface area contributed by atoms with Gasteiger partial charge >= 0.3 is 0 Å². The summed E-state index contributed by atoms with van der Waals surface area (Å²) in [6, 6.07) is 0. The third-order valence-electron chi connectivity index (χ3n) is 8.50. The summed E-state index contributed by atoms with van der Waals surface area (Å²) in [7, 11) is 0. The molecule has 0 aromatic rings. The van der Waals surface area contributed by atoms with Gasteiger partial charge in [-0.25, -0.2) is 0 Å². The van der Waals surface area contributed by atoms with Gasteiger partial charge in [-0.05, 0) is 86.9 Å². The Bertz CT molecular complexity index is 564. The average Bonchev–Trinajstić information content (AvgIpc) is 2.83. The summed E-state index contributed by atoms with van der Waals surface area (Å²) in [4.78, 5) is 0. The van der Waals surface area contributed by atoms with E-state index in [0.29, 0.717) is 16.9 Å². The van der Waals surface area contributed by atoms with Crippen LogP contribution in [0.15, 0.2) is 23.3 Å². The van der Waals surface area contributed by atoms with Crippen molar-refractivity contribution in [2.24, 2.45) is 28.6 Å². The Morgan fingerprint density at radius 3 is 2.48 bits per heavy atom. The van der Waals surface area contributed by atoms with E-state index in [0.717, 1.165) is 17.8 Å². The summed E-state index contributed by atoms with van der Waals surface area (Å²) >= 11 is 2.11. The number of hydrogen-bond donors (Lipinski definition) is 0. The molecule has 4 rings (SSSR count). The highest BCUT2D eigenvalue weighted by molar-refractivity contribution is 14.1. The van der Waals surface area contributed by atoms with E-state index in [9.17, 15) is 0 Å². The van der Waals surface area contributed by atoms with E-state index in [1.807, 2.05) is 0 Å². The molecule has 3 saturated carbocycles. The molecule has 4 aliphatic rings. The van der Waals surface area contributed by atoms with Crippen LogP contribution in [0.4, 0.5) is 0 Å². The van der Waals surface area contributed by atoms with E-state index >= 15 is 0 Å². The lowest BCUT2D eigenvalue weighted by molar-refractivity contribution is -0.0243. The summed E-state index contributed by atoms with van der Waals surface area (Å²) in [5.41, 5.74) is 5.92. The molecular weight excluding hydrogens is 395 g/mol. The molecule has 0 spiro atoms. The summed E-state index contributed by atoms with van der Waals surface area (Å²) in [5.74, 6) is 2.69. The van der Waals surface area contributed by atoms with Gasteiger partial charge in [-0.1, -0.05) is 37.1 Å². The van der Waals surface area contributed by atoms with Gasteiger partial charge in [0.15, 0.2) is 0 Å². The molecule has 0 heterocycles. The molecular formula is C21H31IO. The molecule has 0 aromatic carbocycles. The fourth-order valence-electron chi connectivity index (χ4n) is 7.07. The normalized spacial score (nSPS) is 49.7. The minimum Gasteiger partial charge on any atom is -0.312 e. The molecule has 3 fully saturated rings. The lowest BCUT2D eigenvalue weighted by atomic mass is 9.47. The van der Waals surface area contributed by atoms with Crippen LogP contribution in [0.5, 0.6) is 0 Å². The van der Waals surface area contributed by atoms with Gasteiger partial charge in [0, 0.05) is 0 Å². The Kier molecular flexibility index (Phi) is 4.04. The van der Waals surface area contributed by atoms with Crippen LogP contribution in [0.1, 0.15) is 72.1 Å². The molecule has 0 aliphatic heterocycles. The van der Waals surface area contributed by atoms with Gasteiger partial charge in [0.05, 0.1) is 6.10 Å². The minimum absolute atomic E-state index is 0.442. The number of halogens is 1. The van der Waals surface area contributed by atoms with E-state index in [-0.39, 0.29) is 0 Å². The molecule has 1 nitrogen and oxygen atoms in total. The highest BCUT2D eigenvalue weighted by atomic mass is 127. The second-order valence-electron chi connectivity index (χ2n) is 9.31. The van der Waals surface area contributed by atoms with Crippen LogP contribution >= 0.6 is 23.0 Å². The molecule has 0 aromatic heterocycles. The van der Waals surface area contributed by atoms with Gasteiger partial charge in [0.2, 0.25) is 0 Å². The smallest absolute Gasteiger partial charge is 0.110 e. The minimum atomic E-state index is 0.442. The second kappa shape index (κ2) is 5.59. The molecule has 2 heteroatoms. The zero-order valence-corrected chi connectivity index (χ0v) is 17.1. The number of allylic oxidation sites excluding steroid dienone is 2. The Hall–Kier alpha value is 0.170. The molecule has 6 atom stereocenters. The van der Waals surface area contributed by atoms with Crippen LogP contribution in [0.2, 0.25) is 0 Å². The van der Waals surface area contributed by atoms with Crippen molar-refractivity contribution in [3.05, 3.63) is 23.3 Å². The van der Waals surface area contributed by atoms with E-state index < -0.39 is 0 Å². The zero-order chi connectivity index (χ0) is 16.4. The van der Waals surface area contributed by atoms with Crippen LogP contribution in [-0.2, 0) is 3.07 Å². The third-order valence-corrected chi connectivity index (χ3v) is 9.22. The zero-order valence-electron chi connectivity index (χ0n) is 15.0. The Balaban J connectivity index is 1.71. The maximum absolute atomic E-state index is 5.69. The molecule has 0 saturated heterocycles. The first-order chi connectivity index (χ1) is 10.9. The quantitative estimate of drug-likeness (QED) is 0.338. The van der Waals surface area contributed by atoms with Crippen LogP contribution in [-0.4, -0.2) is 6.10 Å². The van der Waals surface area contributed by atoms with Crippen molar-refractivity contribution in [1.82, 2.24) is 0 Å². The van der Waals surface area contributed by atoms with Gasteiger partial charge in [-0.3, -0.25) is 0 Å². The Morgan fingerprint density at radius 2 is 1.74 bits per heavy atom. The first kappa shape index (κ1) is 16.6. The fourth-order valence-corrected chi connectivity index (χ4v) is 7.50. The topological polar surface area (TPSA) is 9.23 Å². The molecule has 6 unspecified atom stereocenters. The maximum Gasteiger partial charge on any atom is 0.110 e. The van der Waals surface area contributed by atoms with Crippen molar-refractivity contribution in [2.45, 2.75) is 78.2 Å². The van der Waals surface area contributed by atoms with Crippen molar-refractivity contribution in [3.63, 3.8) is 0 Å². The summed E-state index contributed by atoms with van der Waals surface area (Å²) in [6.45, 7) is 12.0. The Morgan fingerprint density at radius 1 is 1.04 bits per heavy atom. The van der Waals surface area contributed by atoms with Crippen LogP contribution in [0.25, 0.3) is 0 Å². The van der Waals surface area contributed by atoms with Gasteiger partial charge in [0.25, 0.3) is 0 Å². The summed E-state index contributed by atoms with van der Waals surface area (Å²) < 4.78 is 5.69. The number of rotatable bonds is 1. The predicted molar refractivity (Wildman–Crippen MR) is 104 cm³/mol. The molecule has 0 N–H and O–H groups in total. The van der Waals surface area contributed by atoms with Crippen LogP contribution < -0.4 is 0 Å². The monoisotopic (exact) mass is 426 g/mol. The highest BCUT2D eigenvalue weighted by Crippen LogP contribution is 2.66. The third kappa shape index (κ3) is 2.26.